The molecule has 6 aromatic rings. The third-order valence-electron chi connectivity index (χ3n) is 8.10. The molecule has 0 bridgehead atoms. The number of esters is 1. The number of carbonyl (C=O) groups excluding carboxylic acids is 3. The van der Waals surface area contributed by atoms with Crippen LogP contribution in [-0.4, -0.2) is 50.3 Å². The van der Waals surface area contributed by atoms with Crippen LogP contribution in [0.15, 0.2) is 119 Å². The number of halogens is 1. The zero-order chi connectivity index (χ0) is 37.3. The summed E-state index contributed by atoms with van der Waals surface area (Å²) in [6.07, 6.45) is -1.14. The number of fused-ring (bicyclic) bond motifs is 1. The van der Waals surface area contributed by atoms with Gasteiger partial charge in [-0.1, -0.05) is 60.7 Å². The summed E-state index contributed by atoms with van der Waals surface area (Å²) >= 11 is 0. The zero-order valence-electron chi connectivity index (χ0n) is 28.4. The summed E-state index contributed by atoms with van der Waals surface area (Å²) in [4.78, 5) is 61.3. The van der Waals surface area contributed by atoms with Crippen molar-refractivity contribution in [2.45, 2.75) is 38.6 Å². The Morgan fingerprint density at radius 1 is 0.925 bits per heavy atom. The van der Waals surface area contributed by atoms with E-state index in [2.05, 4.69) is 20.6 Å². The van der Waals surface area contributed by atoms with Gasteiger partial charge in [0.15, 0.2) is 11.7 Å². The number of hydrogen-bond acceptors (Lipinski definition) is 10. The van der Waals surface area contributed by atoms with Crippen molar-refractivity contribution in [3.05, 3.63) is 148 Å². The molecule has 3 N–H and O–H groups in total. The van der Waals surface area contributed by atoms with Gasteiger partial charge in [-0.3, -0.25) is 19.5 Å². The summed E-state index contributed by atoms with van der Waals surface area (Å²) in [5.41, 5.74) is 1.60. The Hall–Kier alpha value is -6.67. The van der Waals surface area contributed by atoms with Gasteiger partial charge in [0.05, 0.1) is 24.4 Å². The summed E-state index contributed by atoms with van der Waals surface area (Å²) < 4.78 is 31.0. The standard InChI is InChI=1S/C39H34FN5O8/c1-2-51-38(49)27-15-18-32-29(20-27)43-36(53-32)34(47)30(19-24-9-5-3-6-10-24)42-33(46)22-45-35(26-13-16-28(40)17-14-26)41-21-31(37(45)48)44-39(50)52-23-25-11-7-4-8-12-25/h3-18,20-21,30,34,47H,2,19,22-23H2,1H3,(H,42,46)(H,44,50). The number of aromatic nitrogens is 3. The van der Waals surface area contributed by atoms with E-state index in [9.17, 15) is 28.7 Å². The molecule has 53 heavy (non-hydrogen) atoms. The number of ether oxygens (including phenoxy) is 2. The number of hydrogen-bond donors (Lipinski definition) is 3. The van der Waals surface area contributed by atoms with E-state index in [0.717, 1.165) is 21.9 Å². The number of oxazole rings is 1. The first kappa shape index (κ1) is 36.1. The topological polar surface area (TPSA) is 175 Å². The molecule has 6 rings (SSSR count). The van der Waals surface area contributed by atoms with Gasteiger partial charge in [0.25, 0.3) is 5.56 Å². The maximum absolute atomic E-state index is 13.8. The van der Waals surface area contributed by atoms with Crippen molar-refractivity contribution in [1.29, 1.82) is 0 Å². The summed E-state index contributed by atoms with van der Waals surface area (Å²) in [5.74, 6) is -1.87. The molecule has 0 spiro atoms. The molecule has 2 atom stereocenters. The minimum absolute atomic E-state index is 0.0184. The molecule has 2 aromatic heterocycles. The van der Waals surface area contributed by atoms with Gasteiger partial charge < -0.3 is 24.3 Å². The van der Waals surface area contributed by atoms with Gasteiger partial charge in [0.1, 0.15) is 36.0 Å². The highest BCUT2D eigenvalue weighted by molar-refractivity contribution is 5.93. The van der Waals surface area contributed by atoms with Crippen LogP contribution >= 0.6 is 0 Å². The molecule has 0 aliphatic rings. The number of nitrogens with one attached hydrogen (secondary N) is 2. The second-order valence-electron chi connectivity index (χ2n) is 11.8. The van der Waals surface area contributed by atoms with Gasteiger partial charge in [-0.25, -0.2) is 23.9 Å². The maximum Gasteiger partial charge on any atom is 0.412 e. The van der Waals surface area contributed by atoms with Crippen molar-refractivity contribution in [3.8, 4) is 11.4 Å². The molecule has 0 saturated carbocycles. The summed E-state index contributed by atoms with van der Waals surface area (Å²) in [7, 11) is 0. The second kappa shape index (κ2) is 16.6. The van der Waals surface area contributed by atoms with Crippen molar-refractivity contribution < 1.29 is 37.8 Å². The van der Waals surface area contributed by atoms with E-state index in [1.807, 2.05) is 24.3 Å². The third kappa shape index (κ3) is 8.98. The van der Waals surface area contributed by atoms with Crippen LogP contribution < -0.4 is 16.2 Å². The molecule has 13 nitrogen and oxygen atoms in total. The number of rotatable bonds is 13. The number of carbonyl (C=O) groups is 3. The first-order chi connectivity index (χ1) is 25.7. The van der Waals surface area contributed by atoms with Gasteiger partial charge in [0.2, 0.25) is 11.8 Å². The fourth-order valence-electron chi connectivity index (χ4n) is 5.51. The molecule has 2 heterocycles. The van der Waals surface area contributed by atoms with Crippen molar-refractivity contribution in [2.75, 3.05) is 11.9 Å². The van der Waals surface area contributed by atoms with Crippen molar-refractivity contribution >= 4 is 34.8 Å². The van der Waals surface area contributed by atoms with Gasteiger partial charge >= 0.3 is 12.1 Å². The zero-order valence-corrected chi connectivity index (χ0v) is 28.4. The summed E-state index contributed by atoms with van der Waals surface area (Å²) in [6.45, 7) is 1.22. The Morgan fingerprint density at radius 2 is 1.62 bits per heavy atom. The number of benzene rings is 4. The average molecular weight is 720 g/mol. The molecule has 270 valence electrons. The lowest BCUT2D eigenvalue weighted by atomic mass is 10.0. The van der Waals surface area contributed by atoms with Crippen LogP contribution in [0, 0.1) is 5.82 Å². The molecule has 4 aromatic carbocycles. The third-order valence-corrected chi connectivity index (χ3v) is 8.10. The lowest BCUT2D eigenvalue weighted by Gasteiger charge is -2.23. The predicted molar refractivity (Wildman–Crippen MR) is 191 cm³/mol. The fourth-order valence-corrected chi connectivity index (χ4v) is 5.51. The van der Waals surface area contributed by atoms with Crippen LogP contribution in [-0.2, 0) is 33.8 Å². The quantitative estimate of drug-likeness (QED) is 0.128. The molecular weight excluding hydrogens is 685 g/mol. The Labute approximate surface area is 302 Å². The van der Waals surface area contributed by atoms with Crippen molar-refractivity contribution in [1.82, 2.24) is 19.9 Å². The number of anilines is 1. The van der Waals surface area contributed by atoms with Gasteiger partial charge in [-0.15, -0.1) is 0 Å². The van der Waals surface area contributed by atoms with Gasteiger partial charge in [0, 0.05) is 5.56 Å². The monoisotopic (exact) mass is 719 g/mol. The van der Waals surface area contributed by atoms with E-state index in [4.69, 9.17) is 13.9 Å². The molecule has 14 heteroatoms. The van der Waals surface area contributed by atoms with Crippen LogP contribution in [0.5, 0.6) is 0 Å². The van der Waals surface area contributed by atoms with Crippen LogP contribution in [0.4, 0.5) is 14.9 Å². The highest BCUT2D eigenvalue weighted by Crippen LogP contribution is 2.26. The van der Waals surface area contributed by atoms with Gasteiger partial charge in [-0.2, -0.15) is 0 Å². The summed E-state index contributed by atoms with van der Waals surface area (Å²) in [5, 5.41) is 16.8. The molecule has 0 radical (unpaired) electrons. The van der Waals surface area contributed by atoms with Crippen molar-refractivity contribution in [3.63, 3.8) is 0 Å². The Balaban J connectivity index is 1.27. The fraction of sp³-hybridized carbons (Fsp3) is 0.179. The summed E-state index contributed by atoms with van der Waals surface area (Å²) in [6, 6.07) is 26.7. The second-order valence-corrected chi connectivity index (χ2v) is 11.8. The maximum atomic E-state index is 13.8. The first-order valence-corrected chi connectivity index (χ1v) is 16.6. The number of amides is 2. The first-order valence-electron chi connectivity index (χ1n) is 16.6. The molecular formula is C39H34FN5O8. The average Bonchev–Trinajstić information content (AvgIpc) is 3.60. The normalized spacial score (nSPS) is 12.1. The Morgan fingerprint density at radius 3 is 2.32 bits per heavy atom. The number of aliphatic hydroxyl groups excluding tert-OH is 1. The Kier molecular flexibility index (Phi) is 11.3. The van der Waals surface area contributed by atoms with Gasteiger partial charge in [-0.05, 0) is 66.9 Å². The largest absolute Gasteiger partial charge is 0.462 e. The SMILES string of the molecule is CCOC(=O)c1ccc2oc(C(O)C(Cc3ccccc3)NC(=O)Cn3c(-c4ccc(F)cc4)ncc(NC(=O)OCc4ccccc4)c3=O)nc2c1. The molecule has 2 unspecified atom stereocenters. The smallest absolute Gasteiger partial charge is 0.412 e. The number of nitrogens with zero attached hydrogens (tertiary/aromatic N) is 3. The highest BCUT2D eigenvalue weighted by atomic mass is 19.1. The van der Waals surface area contributed by atoms with Crippen LogP contribution in [0.3, 0.4) is 0 Å². The van der Waals surface area contributed by atoms with Crippen LogP contribution in [0.25, 0.3) is 22.5 Å². The number of aliphatic hydroxyl groups is 1. The lowest BCUT2D eigenvalue weighted by Crippen LogP contribution is -2.44. The molecule has 2 amide bonds. The predicted octanol–water partition coefficient (Wildman–Crippen LogP) is 5.58. The molecule has 0 fully saturated rings. The lowest BCUT2D eigenvalue weighted by molar-refractivity contribution is -0.123. The van der Waals surface area contributed by atoms with Crippen LogP contribution in [0.2, 0.25) is 0 Å². The van der Waals surface area contributed by atoms with Crippen molar-refractivity contribution in [2.24, 2.45) is 0 Å². The van der Waals surface area contributed by atoms with E-state index < -0.39 is 48.0 Å². The van der Waals surface area contributed by atoms with Crippen LogP contribution in [0.1, 0.15) is 40.4 Å². The Bertz CT molecular complexity index is 2280. The van der Waals surface area contributed by atoms with E-state index in [0.29, 0.717) is 16.7 Å². The van der Waals surface area contributed by atoms with E-state index in [-0.39, 0.29) is 42.6 Å². The molecule has 0 aliphatic heterocycles. The van der Waals surface area contributed by atoms with E-state index in [1.54, 1.807) is 43.3 Å². The molecule has 0 aliphatic carbocycles. The highest BCUT2D eigenvalue weighted by Gasteiger charge is 2.29. The minimum Gasteiger partial charge on any atom is -0.462 e. The minimum atomic E-state index is -1.48. The van der Waals surface area contributed by atoms with E-state index in [1.165, 1.54) is 42.5 Å². The molecule has 0 saturated heterocycles. The van der Waals surface area contributed by atoms with E-state index >= 15 is 0 Å².